The van der Waals surface area contributed by atoms with Gasteiger partial charge in [0.1, 0.15) is 11.6 Å². The van der Waals surface area contributed by atoms with Gasteiger partial charge in [0.2, 0.25) is 0 Å². The van der Waals surface area contributed by atoms with Gasteiger partial charge in [-0.1, -0.05) is 23.2 Å². The van der Waals surface area contributed by atoms with Gasteiger partial charge < -0.3 is 15.5 Å². The van der Waals surface area contributed by atoms with E-state index in [1.165, 1.54) is 25.9 Å². The fraction of sp³-hybridized carbons (Fsp3) is 0.643. The molecule has 0 amide bonds. The molecule has 20 heavy (non-hydrogen) atoms. The van der Waals surface area contributed by atoms with Gasteiger partial charge in [-0.3, -0.25) is 0 Å². The van der Waals surface area contributed by atoms with Gasteiger partial charge in [-0.15, -0.1) is 0 Å². The van der Waals surface area contributed by atoms with E-state index >= 15 is 0 Å². The molecule has 1 saturated heterocycles. The molecule has 2 rings (SSSR count). The molecule has 4 nitrogen and oxygen atoms in total. The van der Waals surface area contributed by atoms with Crippen molar-refractivity contribution in [2.75, 3.05) is 43.4 Å². The van der Waals surface area contributed by atoms with Gasteiger partial charge >= 0.3 is 0 Å². The molecule has 0 bridgehead atoms. The summed E-state index contributed by atoms with van der Waals surface area (Å²) in [6.07, 6.45) is 3.77. The fourth-order valence-corrected chi connectivity index (χ4v) is 2.89. The highest BCUT2D eigenvalue weighted by Crippen LogP contribution is 2.29. The van der Waals surface area contributed by atoms with Crippen molar-refractivity contribution in [1.29, 1.82) is 0 Å². The molecule has 0 unspecified atom stereocenters. The second kappa shape index (κ2) is 7.91. The summed E-state index contributed by atoms with van der Waals surface area (Å²) in [7, 11) is 0. The van der Waals surface area contributed by atoms with Crippen LogP contribution in [0.1, 0.15) is 26.2 Å². The first-order valence-corrected chi connectivity index (χ1v) is 8.02. The Balaban J connectivity index is 1.83. The highest BCUT2D eigenvalue weighted by molar-refractivity contribution is 6.37. The standard InChI is InChI=1S/C14H22Cl2N4/c1-2-17-13-11(15)10-12(16)14(19-13)18-6-5-9-20-7-3-4-8-20/h10H,2-9H2,1H3,(H2,17,18,19). The first-order valence-electron chi connectivity index (χ1n) is 7.27. The van der Waals surface area contributed by atoms with Crippen molar-refractivity contribution in [3.63, 3.8) is 0 Å². The van der Waals surface area contributed by atoms with Crippen LogP contribution < -0.4 is 10.6 Å². The predicted octanol–water partition coefficient (Wildman–Crippen LogP) is 3.72. The third-order valence-corrected chi connectivity index (χ3v) is 3.99. The van der Waals surface area contributed by atoms with Crippen molar-refractivity contribution >= 4 is 34.8 Å². The largest absolute Gasteiger partial charge is 0.369 e. The molecule has 112 valence electrons. The predicted molar refractivity (Wildman–Crippen MR) is 87.2 cm³/mol. The number of hydrogen-bond acceptors (Lipinski definition) is 4. The Morgan fingerprint density at radius 2 is 1.80 bits per heavy atom. The van der Waals surface area contributed by atoms with Crippen LogP contribution in [0.25, 0.3) is 0 Å². The molecule has 1 aromatic heterocycles. The van der Waals surface area contributed by atoms with Crippen LogP contribution in [0.15, 0.2) is 6.07 Å². The highest BCUT2D eigenvalue weighted by atomic mass is 35.5. The molecule has 1 fully saturated rings. The summed E-state index contributed by atoms with van der Waals surface area (Å²) in [5, 5.41) is 7.55. The number of pyridine rings is 1. The van der Waals surface area contributed by atoms with Crippen LogP contribution >= 0.6 is 23.2 Å². The van der Waals surface area contributed by atoms with Gasteiger partial charge in [0.05, 0.1) is 10.0 Å². The Hall–Kier alpha value is -0.710. The van der Waals surface area contributed by atoms with E-state index < -0.39 is 0 Å². The highest BCUT2D eigenvalue weighted by Gasteiger charge is 2.11. The number of anilines is 2. The van der Waals surface area contributed by atoms with Crippen LogP contribution in [-0.4, -0.2) is 42.6 Å². The molecule has 2 N–H and O–H groups in total. The number of hydrogen-bond donors (Lipinski definition) is 2. The summed E-state index contributed by atoms with van der Waals surface area (Å²) < 4.78 is 0. The molecular formula is C14H22Cl2N4. The van der Waals surface area contributed by atoms with Gasteiger partial charge in [0.25, 0.3) is 0 Å². The van der Waals surface area contributed by atoms with E-state index in [0.717, 1.165) is 26.1 Å². The van der Waals surface area contributed by atoms with Crippen molar-refractivity contribution in [3.05, 3.63) is 16.1 Å². The summed E-state index contributed by atoms with van der Waals surface area (Å²) in [5.74, 6) is 1.38. The minimum Gasteiger partial charge on any atom is -0.369 e. The van der Waals surface area contributed by atoms with Crippen molar-refractivity contribution in [1.82, 2.24) is 9.88 Å². The third-order valence-electron chi connectivity index (χ3n) is 3.42. The van der Waals surface area contributed by atoms with Gasteiger partial charge in [0.15, 0.2) is 0 Å². The van der Waals surface area contributed by atoms with Crippen molar-refractivity contribution in [2.24, 2.45) is 0 Å². The van der Waals surface area contributed by atoms with Crippen LogP contribution in [-0.2, 0) is 0 Å². The third kappa shape index (κ3) is 4.40. The second-order valence-electron chi connectivity index (χ2n) is 5.01. The molecule has 0 aromatic carbocycles. The van der Waals surface area contributed by atoms with E-state index in [1.807, 2.05) is 6.92 Å². The van der Waals surface area contributed by atoms with Crippen molar-refractivity contribution in [3.8, 4) is 0 Å². The number of likely N-dealkylation sites (tertiary alicyclic amines) is 1. The van der Waals surface area contributed by atoms with Gasteiger partial charge in [0, 0.05) is 13.1 Å². The minimum absolute atomic E-state index is 0.555. The van der Waals surface area contributed by atoms with E-state index in [4.69, 9.17) is 23.2 Å². The summed E-state index contributed by atoms with van der Waals surface area (Å²) in [6, 6.07) is 1.73. The molecule has 0 saturated carbocycles. The molecule has 1 aliphatic rings. The molecule has 0 aliphatic carbocycles. The first-order chi connectivity index (χ1) is 9.70. The zero-order valence-electron chi connectivity index (χ0n) is 11.9. The second-order valence-corrected chi connectivity index (χ2v) is 5.82. The number of aromatic nitrogens is 1. The lowest BCUT2D eigenvalue weighted by Crippen LogP contribution is -2.22. The number of nitrogens with zero attached hydrogens (tertiary/aromatic N) is 2. The Morgan fingerprint density at radius 3 is 2.45 bits per heavy atom. The average molecular weight is 317 g/mol. The minimum atomic E-state index is 0.555. The van der Waals surface area contributed by atoms with Gasteiger partial charge in [-0.25, -0.2) is 4.98 Å². The Kier molecular flexibility index (Phi) is 6.20. The normalized spacial score (nSPS) is 15.6. The number of nitrogens with one attached hydrogen (secondary N) is 2. The van der Waals surface area contributed by atoms with Crippen LogP contribution in [0.5, 0.6) is 0 Å². The van der Waals surface area contributed by atoms with E-state index in [-0.39, 0.29) is 0 Å². The van der Waals surface area contributed by atoms with Gasteiger partial charge in [-0.2, -0.15) is 0 Å². The molecule has 0 spiro atoms. The smallest absolute Gasteiger partial charge is 0.147 e. The molecule has 0 atom stereocenters. The molecule has 1 aliphatic heterocycles. The van der Waals surface area contributed by atoms with E-state index in [9.17, 15) is 0 Å². The van der Waals surface area contributed by atoms with E-state index in [2.05, 4.69) is 20.5 Å². The lowest BCUT2D eigenvalue weighted by molar-refractivity contribution is 0.337. The molecular weight excluding hydrogens is 295 g/mol. The lowest BCUT2D eigenvalue weighted by atomic mass is 10.3. The molecule has 1 aromatic rings. The van der Waals surface area contributed by atoms with E-state index in [1.54, 1.807) is 6.07 Å². The van der Waals surface area contributed by atoms with E-state index in [0.29, 0.717) is 21.7 Å². The Morgan fingerprint density at radius 1 is 1.15 bits per heavy atom. The maximum Gasteiger partial charge on any atom is 0.147 e. The molecule has 6 heteroatoms. The zero-order valence-corrected chi connectivity index (χ0v) is 13.4. The summed E-state index contributed by atoms with van der Waals surface area (Å²) in [6.45, 7) is 7.28. The molecule has 0 radical (unpaired) electrons. The van der Waals surface area contributed by atoms with Crippen LogP contribution in [0.3, 0.4) is 0 Å². The Labute approximate surface area is 130 Å². The number of halogens is 2. The van der Waals surface area contributed by atoms with Crippen LogP contribution in [0, 0.1) is 0 Å². The zero-order chi connectivity index (χ0) is 14.4. The molecule has 2 heterocycles. The quantitative estimate of drug-likeness (QED) is 0.752. The first kappa shape index (κ1) is 15.7. The SMILES string of the molecule is CCNc1nc(NCCCN2CCCC2)c(Cl)cc1Cl. The Bertz CT molecular complexity index is 433. The van der Waals surface area contributed by atoms with Crippen molar-refractivity contribution < 1.29 is 0 Å². The van der Waals surface area contributed by atoms with Crippen molar-refractivity contribution in [2.45, 2.75) is 26.2 Å². The summed E-state index contributed by atoms with van der Waals surface area (Å²) in [4.78, 5) is 6.93. The lowest BCUT2D eigenvalue weighted by Gasteiger charge is -2.15. The maximum atomic E-state index is 6.16. The van der Waals surface area contributed by atoms with Crippen LogP contribution in [0.2, 0.25) is 10.0 Å². The van der Waals surface area contributed by atoms with Gasteiger partial charge in [-0.05, 0) is 51.9 Å². The summed E-state index contributed by atoms with van der Waals surface area (Å²) >= 11 is 12.2. The average Bonchev–Trinajstić information content (AvgIpc) is 2.92. The maximum absolute atomic E-state index is 6.16. The fourth-order valence-electron chi connectivity index (χ4n) is 2.40. The summed E-state index contributed by atoms with van der Waals surface area (Å²) in [5.41, 5.74) is 0. The monoisotopic (exact) mass is 316 g/mol. The number of rotatable bonds is 7. The van der Waals surface area contributed by atoms with Crippen LogP contribution in [0.4, 0.5) is 11.6 Å². The topological polar surface area (TPSA) is 40.2 Å².